The van der Waals surface area contributed by atoms with Crippen molar-refractivity contribution in [2.75, 3.05) is 13.7 Å². The molecule has 3 rings (SSSR count). The molecular formula is C24H23NO2. The van der Waals surface area contributed by atoms with Gasteiger partial charge in [0.15, 0.2) is 11.5 Å². The molecule has 0 amide bonds. The molecule has 27 heavy (non-hydrogen) atoms. The van der Waals surface area contributed by atoms with Gasteiger partial charge in [-0.2, -0.15) is 5.26 Å². The molecule has 0 saturated carbocycles. The van der Waals surface area contributed by atoms with Gasteiger partial charge in [-0.3, -0.25) is 0 Å². The summed E-state index contributed by atoms with van der Waals surface area (Å²) in [5.41, 5.74) is 2.44. The zero-order chi connectivity index (χ0) is 19.2. The molecule has 0 saturated heterocycles. The lowest BCUT2D eigenvalue weighted by molar-refractivity contribution is 0.257. The van der Waals surface area contributed by atoms with E-state index in [1.165, 1.54) is 0 Å². The highest BCUT2D eigenvalue weighted by atomic mass is 16.5. The fourth-order valence-corrected chi connectivity index (χ4v) is 2.95. The van der Waals surface area contributed by atoms with Crippen LogP contribution in [0.15, 0.2) is 60.7 Å². The summed E-state index contributed by atoms with van der Waals surface area (Å²) in [6.07, 6.45) is 1.89. The summed E-state index contributed by atoms with van der Waals surface area (Å²) in [7, 11) is 1.63. The highest BCUT2D eigenvalue weighted by Crippen LogP contribution is 2.31. The molecule has 136 valence electrons. The van der Waals surface area contributed by atoms with Crippen LogP contribution in [-0.2, 0) is 0 Å². The Morgan fingerprint density at radius 3 is 2.56 bits per heavy atom. The second-order valence-corrected chi connectivity index (χ2v) is 6.81. The van der Waals surface area contributed by atoms with Crippen molar-refractivity contribution in [3.63, 3.8) is 0 Å². The molecule has 0 atom stereocenters. The van der Waals surface area contributed by atoms with E-state index >= 15 is 0 Å². The summed E-state index contributed by atoms with van der Waals surface area (Å²) in [5, 5.41) is 11.9. The summed E-state index contributed by atoms with van der Waals surface area (Å²) in [6.45, 7) is 4.84. The molecule has 3 aromatic rings. The smallest absolute Gasteiger partial charge is 0.161 e. The lowest BCUT2D eigenvalue weighted by Crippen LogP contribution is -2.05. The minimum Gasteiger partial charge on any atom is -0.493 e. The standard InChI is InChI=1S/C24H23NO2/c1-17(2)16-27-23-12-11-18(14-24(23)26-3)13-20(15-25)22-10-6-8-19-7-4-5-9-21(19)22/h4-14,17H,16H2,1-3H3/b20-13+. The van der Waals surface area contributed by atoms with Gasteiger partial charge >= 0.3 is 0 Å². The summed E-state index contributed by atoms with van der Waals surface area (Å²) < 4.78 is 11.3. The maximum absolute atomic E-state index is 9.75. The topological polar surface area (TPSA) is 42.2 Å². The van der Waals surface area contributed by atoms with Crippen LogP contribution in [0.3, 0.4) is 0 Å². The van der Waals surface area contributed by atoms with Crippen molar-refractivity contribution in [2.45, 2.75) is 13.8 Å². The second kappa shape index (κ2) is 8.42. The lowest BCUT2D eigenvalue weighted by Gasteiger charge is -2.13. The zero-order valence-electron chi connectivity index (χ0n) is 15.9. The van der Waals surface area contributed by atoms with Gasteiger partial charge in [0, 0.05) is 5.56 Å². The van der Waals surface area contributed by atoms with Gasteiger partial charge in [-0.15, -0.1) is 0 Å². The number of hydrogen-bond donors (Lipinski definition) is 0. The highest BCUT2D eigenvalue weighted by Gasteiger charge is 2.09. The van der Waals surface area contributed by atoms with E-state index in [9.17, 15) is 5.26 Å². The zero-order valence-corrected chi connectivity index (χ0v) is 15.9. The van der Waals surface area contributed by atoms with Crippen molar-refractivity contribution in [1.29, 1.82) is 5.26 Å². The fraction of sp³-hybridized carbons (Fsp3) is 0.208. The predicted molar refractivity (Wildman–Crippen MR) is 111 cm³/mol. The maximum Gasteiger partial charge on any atom is 0.161 e. The Kier molecular flexibility index (Phi) is 5.78. The largest absolute Gasteiger partial charge is 0.493 e. The van der Waals surface area contributed by atoms with Crippen LogP contribution >= 0.6 is 0 Å². The van der Waals surface area contributed by atoms with E-state index in [0.717, 1.165) is 21.9 Å². The van der Waals surface area contributed by atoms with E-state index in [-0.39, 0.29) is 0 Å². The van der Waals surface area contributed by atoms with E-state index < -0.39 is 0 Å². The van der Waals surface area contributed by atoms with Gasteiger partial charge in [0.25, 0.3) is 0 Å². The van der Waals surface area contributed by atoms with Crippen molar-refractivity contribution in [3.8, 4) is 17.6 Å². The third kappa shape index (κ3) is 4.30. The summed E-state index contributed by atoms with van der Waals surface area (Å²) >= 11 is 0. The highest BCUT2D eigenvalue weighted by molar-refractivity contribution is 6.01. The molecule has 0 fully saturated rings. The lowest BCUT2D eigenvalue weighted by atomic mass is 9.97. The molecule has 3 aromatic carbocycles. The van der Waals surface area contributed by atoms with E-state index in [4.69, 9.17) is 9.47 Å². The number of ether oxygens (including phenoxy) is 2. The Morgan fingerprint density at radius 1 is 1.04 bits per heavy atom. The van der Waals surface area contributed by atoms with Crippen LogP contribution in [0.25, 0.3) is 22.4 Å². The minimum atomic E-state index is 0.436. The molecule has 3 nitrogen and oxygen atoms in total. The number of methoxy groups -OCH3 is 1. The first-order valence-electron chi connectivity index (χ1n) is 9.03. The Morgan fingerprint density at radius 2 is 1.81 bits per heavy atom. The van der Waals surface area contributed by atoms with Crippen molar-refractivity contribution in [2.24, 2.45) is 5.92 Å². The monoisotopic (exact) mass is 357 g/mol. The van der Waals surface area contributed by atoms with Gasteiger partial charge in [-0.25, -0.2) is 0 Å². The van der Waals surface area contributed by atoms with Crippen molar-refractivity contribution in [1.82, 2.24) is 0 Å². The molecule has 0 aliphatic heterocycles. The molecule has 0 unspecified atom stereocenters. The molecule has 0 heterocycles. The molecule has 0 bridgehead atoms. The van der Waals surface area contributed by atoms with E-state index in [1.54, 1.807) is 7.11 Å². The molecule has 3 heteroatoms. The molecule has 0 aliphatic rings. The van der Waals surface area contributed by atoms with Gasteiger partial charge in [-0.1, -0.05) is 62.4 Å². The second-order valence-electron chi connectivity index (χ2n) is 6.81. The average molecular weight is 357 g/mol. The minimum absolute atomic E-state index is 0.436. The first kappa shape index (κ1) is 18.5. The van der Waals surface area contributed by atoms with Crippen LogP contribution < -0.4 is 9.47 Å². The van der Waals surface area contributed by atoms with Crippen molar-refractivity contribution in [3.05, 3.63) is 71.8 Å². The van der Waals surface area contributed by atoms with E-state index in [2.05, 4.69) is 32.0 Å². The number of hydrogen-bond acceptors (Lipinski definition) is 3. The van der Waals surface area contributed by atoms with E-state index in [0.29, 0.717) is 29.6 Å². The van der Waals surface area contributed by atoms with Gasteiger partial charge in [0.05, 0.1) is 25.4 Å². The SMILES string of the molecule is COc1cc(/C=C(\C#N)c2cccc3ccccc23)ccc1OCC(C)C. The third-order valence-electron chi connectivity index (χ3n) is 4.27. The Bertz CT molecular complexity index is 1010. The maximum atomic E-state index is 9.75. The van der Waals surface area contributed by atoms with Crippen LogP contribution in [0.4, 0.5) is 0 Å². The summed E-state index contributed by atoms with van der Waals surface area (Å²) in [5.74, 6) is 1.82. The van der Waals surface area contributed by atoms with Gasteiger partial charge in [-0.05, 0) is 40.5 Å². The van der Waals surface area contributed by atoms with Crippen LogP contribution in [0.5, 0.6) is 11.5 Å². The molecular weight excluding hydrogens is 334 g/mol. The number of allylic oxidation sites excluding steroid dienone is 1. The predicted octanol–water partition coefficient (Wildman–Crippen LogP) is 5.95. The fourth-order valence-electron chi connectivity index (χ4n) is 2.95. The van der Waals surface area contributed by atoms with Crippen LogP contribution in [0.1, 0.15) is 25.0 Å². The Hall–Kier alpha value is -3.25. The average Bonchev–Trinajstić information content (AvgIpc) is 2.70. The first-order chi connectivity index (χ1) is 13.1. The third-order valence-corrected chi connectivity index (χ3v) is 4.27. The van der Waals surface area contributed by atoms with Gasteiger partial charge in [0.2, 0.25) is 0 Å². The number of nitrogens with zero attached hydrogens (tertiary/aromatic N) is 1. The Labute approximate surface area is 160 Å². The molecule has 0 aliphatic carbocycles. The molecule has 0 N–H and O–H groups in total. The van der Waals surface area contributed by atoms with Crippen LogP contribution in [0.2, 0.25) is 0 Å². The molecule has 0 radical (unpaired) electrons. The molecule has 0 spiro atoms. The number of benzene rings is 3. The van der Waals surface area contributed by atoms with Crippen LogP contribution in [-0.4, -0.2) is 13.7 Å². The number of rotatable bonds is 6. The molecule has 0 aromatic heterocycles. The van der Waals surface area contributed by atoms with Crippen molar-refractivity contribution >= 4 is 22.4 Å². The van der Waals surface area contributed by atoms with Crippen molar-refractivity contribution < 1.29 is 9.47 Å². The number of fused-ring (bicyclic) bond motifs is 1. The quantitative estimate of drug-likeness (QED) is 0.404. The number of nitriles is 1. The normalized spacial score (nSPS) is 11.4. The summed E-state index contributed by atoms with van der Waals surface area (Å²) in [6, 6.07) is 22.2. The van der Waals surface area contributed by atoms with Gasteiger partial charge < -0.3 is 9.47 Å². The first-order valence-corrected chi connectivity index (χ1v) is 9.03. The van der Waals surface area contributed by atoms with Crippen LogP contribution in [0, 0.1) is 17.2 Å². The Balaban J connectivity index is 1.99. The summed E-state index contributed by atoms with van der Waals surface area (Å²) in [4.78, 5) is 0. The van der Waals surface area contributed by atoms with E-state index in [1.807, 2.05) is 54.6 Å². The van der Waals surface area contributed by atoms with Gasteiger partial charge in [0.1, 0.15) is 0 Å².